The van der Waals surface area contributed by atoms with Crippen molar-refractivity contribution in [2.24, 2.45) is 11.0 Å². The van der Waals surface area contributed by atoms with E-state index in [0.29, 0.717) is 37.2 Å². The summed E-state index contributed by atoms with van der Waals surface area (Å²) in [7, 11) is 1.23. The number of hydrogen-bond acceptors (Lipinski definition) is 5. The summed E-state index contributed by atoms with van der Waals surface area (Å²) in [6.07, 6.45) is 2.25. The average molecular weight is 299 g/mol. The second-order valence-electron chi connectivity index (χ2n) is 4.99. The Morgan fingerprint density at radius 2 is 2.14 bits per heavy atom. The third-order valence-corrected chi connectivity index (χ3v) is 3.44. The summed E-state index contributed by atoms with van der Waals surface area (Å²) in [6.45, 7) is 2.24. The van der Waals surface area contributed by atoms with Crippen molar-refractivity contribution in [3.63, 3.8) is 0 Å². The van der Waals surface area contributed by atoms with Gasteiger partial charge in [0.15, 0.2) is 0 Å². The van der Waals surface area contributed by atoms with Crippen LogP contribution in [0, 0.1) is 4.91 Å². The number of likely N-dealkylation sites (tertiary alicyclic amines) is 1. The minimum Gasteiger partial charge on any atom is -0.368 e. The van der Waals surface area contributed by atoms with Gasteiger partial charge in [-0.1, -0.05) is 13.3 Å². The van der Waals surface area contributed by atoms with Gasteiger partial charge >= 0.3 is 6.03 Å². The predicted octanol–water partition coefficient (Wildman–Crippen LogP) is -0.0458. The van der Waals surface area contributed by atoms with Crippen LogP contribution in [0.2, 0.25) is 0 Å². The van der Waals surface area contributed by atoms with E-state index in [1.807, 2.05) is 6.92 Å². The molecule has 9 nitrogen and oxygen atoms in total. The molecule has 0 aromatic rings. The summed E-state index contributed by atoms with van der Waals surface area (Å²) in [6, 6.07) is -2.09. The fourth-order valence-corrected chi connectivity index (χ4v) is 2.33. The number of nitrogens with zero attached hydrogens (tertiary/aromatic N) is 3. The molecule has 4 amide bonds. The zero-order chi connectivity index (χ0) is 16.0. The van der Waals surface area contributed by atoms with Crippen LogP contribution >= 0.6 is 0 Å². The Hall–Kier alpha value is -2.19. The van der Waals surface area contributed by atoms with Gasteiger partial charge in [-0.2, -0.15) is 5.01 Å². The first-order chi connectivity index (χ1) is 9.92. The number of carbonyl (C=O) groups excluding carboxylic acids is 3. The molecule has 0 aromatic heterocycles. The van der Waals surface area contributed by atoms with Gasteiger partial charge in [-0.3, -0.25) is 9.59 Å². The maximum Gasteiger partial charge on any atom is 0.343 e. The molecule has 1 heterocycles. The highest BCUT2D eigenvalue weighted by Gasteiger charge is 2.37. The van der Waals surface area contributed by atoms with Crippen LogP contribution in [0.25, 0.3) is 0 Å². The highest BCUT2D eigenvalue weighted by molar-refractivity contribution is 5.91. The summed E-state index contributed by atoms with van der Waals surface area (Å²) in [4.78, 5) is 47.1. The number of amides is 4. The van der Waals surface area contributed by atoms with Crippen LogP contribution < -0.4 is 11.1 Å². The lowest BCUT2D eigenvalue weighted by Gasteiger charge is -2.26. The van der Waals surface area contributed by atoms with Crippen molar-refractivity contribution in [2.75, 3.05) is 13.6 Å². The Morgan fingerprint density at radius 3 is 2.67 bits per heavy atom. The van der Waals surface area contributed by atoms with Gasteiger partial charge in [-0.25, -0.2) is 4.79 Å². The van der Waals surface area contributed by atoms with Crippen LogP contribution in [0.4, 0.5) is 4.79 Å². The van der Waals surface area contributed by atoms with Gasteiger partial charge in [0.1, 0.15) is 12.1 Å². The number of nitrogens with one attached hydrogen (secondary N) is 1. The monoisotopic (exact) mass is 299 g/mol. The molecule has 0 spiro atoms. The topological polar surface area (TPSA) is 125 Å². The Labute approximate surface area is 122 Å². The van der Waals surface area contributed by atoms with Gasteiger partial charge in [0.25, 0.3) is 0 Å². The molecular weight excluding hydrogens is 278 g/mol. The summed E-state index contributed by atoms with van der Waals surface area (Å²) < 4.78 is 0. The minimum atomic E-state index is -0.748. The van der Waals surface area contributed by atoms with Crippen molar-refractivity contribution in [2.45, 2.75) is 44.7 Å². The smallest absolute Gasteiger partial charge is 0.343 e. The molecule has 21 heavy (non-hydrogen) atoms. The van der Waals surface area contributed by atoms with Crippen LogP contribution in [0.5, 0.6) is 0 Å². The van der Waals surface area contributed by atoms with Gasteiger partial charge in [0.2, 0.25) is 11.8 Å². The average Bonchev–Trinajstić information content (AvgIpc) is 2.94. The van der Waals surface area contributed by atoms with Crippen LogP contribution in [0.1, 0.15) is 32.6 Å². The first-order valence-corrected chi connectivity index (χ1v) is 6.89. The van der Waals surface area contributed by atoms with E-state index in [2.05, 4.69) is 10.6 Å². The van der Waals surface area contributed by atoms with Gasteiger partial charge in [0, 0.05) is 13.6 Å². The molecule has 2 atom stereocenters. The van der Waals surface area contributed by atoms with E-state index in [0.717, 1.165) is 0 Å². The number of hydrogen-bond donors (Lipinski definition) is 2. The number of urea groups is 1. The predicted molar refractivity (Wildman–Crippen MR) is 74.7 cm³/mol. The van der Waals surface area contributed by atoms with E-state index in [-0.39, 0.29) is 0 Å². The van der Waals surface area contributed by atoms with E-state index in [4.69, 9.17) is 5.73 Å². The largest absolute Gasteiger partial charge is 0.368 e. The van der Waals surface area contributed by atoms with Gasteiger partial charge in [-0.15, -0.1) is 4.91 Å². The van der Waals surface area contributed by atoms with E-state index < -0.39 is 29.9 Å². The lowest BCUT2D eigenvalue weighted by molar-refractivity contribution is -0.129. The SMILES string of the molecule is CCC[C@H](NC(=O)[C@@H]1CCCN1C(=O)N(C)N=O)C(N)=O. The van der Waals surface area contributed by atoms with Gasteiger partial charge < -0.3 is 16.0 Å². The molecule has 1 saturated heterocycles. The highest BCUT2D eigenvalue weighted by Crippen LogP contribution is 2.19. The molecule has 0 aliphatic carbocycles. The Balaban J connectivity index is 2.73. The number of nitrogens with two attached hydrogens (primary N) is 1. The molecule has 0 aromatic carbocycles. The van der Waals surface area contributed by atoms with Crippen LogP contribution in [0.3, 0.4) is 0 Å². The lowest BCUT2D eigenvalue weighted by Crippen LogP contribution is -2.53. The molecule has 1 rings (SSSR count). The maximum atomic E-state index is 12.2. The number of rotatable bonds is 6. The summed E-state index contributed by atoms with van der Waals surface area (Å²) in [5.74, 6) is -1.04. The van der Waals surface area contributed by atoms with Crippen molar-refractivity contribution in [3.05, 3.63) is 4.91 Å². The second-order valence-corrected chi connectivity index (χ2v) is 4.99. The zero-order valence-electron chi connectivity index (χ0n) is 12.2. The normalized spacial score (nSPS) is 19.0. The minimum absolute atomic E-state index is 0.367. The molecule has 0 saturated carbocycles. The Morgan fingerprint density at radius 1 is 1.48 bits per heavy atom. The zero-order valence-corrected chi connectivity index (χ0v) is 12.2. The van der Waals surface area contributed by atoms with Crippen LogP contribution in [0.15, 0.2) is 5.29 Å². The molecular formula is C12H21N5O4. The second kappa shape index (κ2) is 7.55. The lowest BCUT2D eigenvalue weighted by atomic mass is 10.1. The first-order valence-electron chi connectivity index (χ1n) is 6.89. The van der Waals surface area contributed by atoms with Crippen molar-refractivity contribution < 1.29 is 14.4 Å². The quantitative estimate of drug-likeness (QED) is 0.527. The van der Waals surface area contributed by atoms with Crippen molar-refractivity contribution >= 4 is 17.8 Å². The van der Waals surface area contributed by atoms with Gasteiger partial charge in [0.05, 0.1) is 5.29 Å². The number of nitroso groups, excluding NO2 is 1. The Kier molecular flexibility index (Phi) is 6.07. The molecule has 0 radical (unpaired) electrons. The molecule has 0 bridgehead atoms. The maximum absolute atomic E-state index is 12.2. The third kappa shape index (κ3) is 4.14. The molecule has 118 valence electrons. The molecule has 1 fully saturated rings. The standard InChI is InChI=1S/C12H21N5O4/c1-3-5-8(10(13)18)14-11(19)9-6-4-7-17(9)12(20)16(2)15-21/h8-9H,3-7H2,1-2H3,(H2,13,18)(H,14,19)/t8-,9-/m0/s1. The van der Waals surface area contributed by atoms with E-state index >= 15 is 0 Å². The molecule has 1 aliphatic heterocycles. The summed E-state index contributed by atoms with van der Waals surface area (Å²) in [5, 5.41) is 5.74. The third-order valence-electron chi connectivity index (χ3n) is 3.44. The molecule has 0 unspecified atom stereocenters. The fourth-order valence-electron chi connectivity index (χ4n) is 2.33. The summed E-state index contributed by atoms with van der Waals surface area (Å²) >= 11 is 0. The molecule has 1 aliphatic rings. The van der Waals surface area contributed by atoms with Crippen molar-refractivity contribution in [1.82, 2.24) is 15.2 Å². The van der Waals surface area contributed by atoms with Gasteiger partial charge in [-0.05, 0) is 19.3 Å². The fraction of sp³-hybridized carbons (Fsp3) is 0.750. The highest BCUT2D eigenvalue weighted by atomic mass is 16.3. The van der Waals surface area contributed by atoms with E-state index in [1.165, 1.54) is 11.9 Å². The Bertz CT molecular complexity index is 428. The molecule has 3 N–H and O–H groups in total. The van der Waals surface area contributed by atoms with Crippen LogP contribution in [-0.2, 0) is 9.59 Å². The first kappa shape index (κ1) is 16.9. The number of primary amides is 1. The molecule has 9 heteroatoms. The van der Waals surface area contributed by atoms with Crippen molar-refractivity contribution in [1.29, 1.82) is 0 Å². The van der Waals surface area contributed by atoms with E-state index in [9.17, 15) is 19.3 Å². The van der Waals surface area contributed by atoms with E-state index in [1.54, 1.807) is 0 Å². The summed E-state index contributed by atoms with van der Waals surface area (Å²) in [5.41, 5.74) is 5.24. The number of carbonyl (C=O) groups is 3. The van der Waals surface area contributed by atoms with Crippen molar-refractivity contribution in [3.8, 4) is 0 Å². The van der Waals surface area contributed by atoms with Crippen LogP contribution in [-0.4, -0.2) is 53.4 Å².